The van der Waals surface area contributed by atoms with Crippen molar-refractivity contribution in [2.45, 2.75) is 26.8 Å². The molecule has 0 amide bonds. The zero-order chi connectivity index (χ0) is 14.2. The molecule has 19 heavy (non-hydrogen) atoms. The number of nitrogens with zero attached hydrogens (tertiary/aromatic N) is 2. The fourth-order valence-electron chi connectivity index (χ4n) is 2.11. The molecule has 0 saturated heterocycles. The SMILES string of the molecule is Cc1cc(F)c(NC(C)c2cn(C)nc2C)cc1F. The van der Waals surface area contributed by atoms with E-state index in [1.807, 2.05) is 27.1 Å². The van der Waals surface area contributed by atoms with E-state index in [0.717, 1.165) is 11.3 Å². The van der Waals surface area contributed by atoms with Crippen molar-refractivity contribution in [3.8, 4) is 0 Å². The third-order valence-corrected chi connectivity index (χ3v) is 3.14. The van der Waals surface area contributed by atoms with Gasteiger partial charge >= 0.3 is 0 Å². The van der Waals surface area contributed by atoms with Crippen molar-refractivity contribution >= 4 is 5.69 Å². The summed E-state index contributed by atoms with van der Waals surface area (Å²) in [5, 5.41) is 7.22. The van der Waals surface area contributed by atoms with Gasteiger partial charge in [0.25, 0.3) is 0 Å². The third-order valence-electron chi connectivity index (χ3n) is 3.14. The predicted octanol–water partition coefficient (Wildman–Crippen LogP) is 3.49. The van der Waals surface area contributed by atoms with Gasteiger partial charge in [0.15, 0.2) is 0 Å². The molecule has 1 heterocycles. The molecule has 0 saturated carbocycles. The number of hydrogen-bond donors (Lipinski definition) is 1. The van der Waals surface area contributed by atoms with Crippen molar-refractivity contribution in [3.05, 3.63) is 46.8 Å². The largest absolute Gasteiger partial charge is 0.376 e. The van der Waals surface area contributed by atoms with E-state index in [1.54, 1.807) is 4.68 Å². The molecule has 2 rings (SSSR count). The molecular weight excluding hydrogens is 248 g/mol. The summed E-state index contributed by atoms with van der Waals surface area (Å²) in [6.45, 7) is 5.32. The van der Waals surface area contributed by atoms with Crippen molar-refractivity contribution in [1.29, 1.82) is 0 Å². The Morgan fingerprint density at radius 2 is 1.89 bits per heavy atom. The van der Waals surface area contributed by atoms with Gasteiger partial charge in [-0.05, 0) is 32.4 Å². The Hall–Kier alpha value is -1.91. The number of rotatable bonds is 3. The molecule has 102 valence electrons. The lowest BCUT2D eigenvalue weighted by Crippen LogP contribution is -2.09. The van der Waals surface area contributed by atoms with E-state index >= 15 is 0 Å². The molecule has 2 aromatic rings. The summed E-state index contributed by atoms with van der Waals surface area (Å²) in [7, 11) is 1.83. The van der Waals surface area contributed by atoms with Crippen LogP contribution < -0.4 is 5.32 Å². The molecule has 1 N–H and O–H groups in total. The second kappa shape index (κ2) is 4.99. The third kappa shape index (κ3) is 2.75. The lowest BCUT2D eigenvalue weighted by atomic mass is 10.1. The van der Waals surface area contributed by atoms with Gasteiger partial charge < -0.3 is 5.32 Å². The number of halogens is 2. The molecule has 0 bridgehead atoms. The zero-order valence-electron chi connectivity index (χ0n) is 11.5. The van der Waals surface area contributed by atoms with E-state index in [2.05, 4.69) is 10.4 Å². The van der Waals surface area contributed by atoms with Crippen molar-refractivity contribution < 1.29 is 8.78 Å². The van der Waals surface area contributed by atoms with Gasteiger partial charge in [-0.25, -0.2) is 8.78 Å². The molecule has 0 radical (unpaired) electrons. The Labute approximate surface area is 111 Å². The maximum Gasteiger partial charge on any atom is 0.146 e. The van der Waals surface area contributed by atoms with Crippen molar-refractivity contribution in [1.82, 2.24) is 9.78 Å². The molecule has 1 aromatic carbocycles. The zero-order valence-corrected chi connectivity index (χ0v) is 11.5. The number of aromatic nitrogens is 2. The van der Waals surface area contributed by atoms with Crippen LogP contribution in [0.25, 0.3) is 0 Å². The van der Waals surface area contributed by atoms with Crippen molar-refractivity contribution in [3.63, 3.8) is 0 Å². The number of aryl methyl sites for hydroxylation is 3. The maximum atomic E-state index is 13.8. The second-order valence-electron chi connectivity index (χ2n) is 4.79. The summed E-state index contributed by atoms with van der Waals surface area (Å²) in [6.07, 6.45) is 1.87. The Bertz CT molecular complexity index is 605. The lowest BCUT2D eigenvalue weighted by Gasteiger charge is -2.16. The van der Waals surface area contributed by atoms with Crippen molar-refractivity contribution in [2.75, 3.05) is 5.32 Å². The predicted molar refractivity (Wildman–Crippen MR) is 71.1 cm³/mol. The van der Waals surface area contributed by atoms with Crippen LogP contribution in [0, 0.1) is 25.5 Å². The van der Waals surface area contributed by atoms with Gasteiger partial charge in [0, 0.05) is 24.9 Å². The number of hydrogen-bond acceptors (Lipinski definition) is 2. The highest BCUT2D eigenvalue weighted by Crippen LogP contribution is 2.25. The van der Waals surface area contributed by atoms with E-state index in [1.165, 1.54) is 19.1 Å². The molecule has 0 fully saturated rings. The highest BCUT2D eigenvalue weighted by molar-refractivity contribution is 5.48. The number of nitrogens with one attached hydrogen (secondary N) is 1. The smallest absolute Gasteiger partial charge is 0.146 e. The van der Waals surface area contributed by atoms with E-state index in [-0.39, 0.29) is 11.7 Å². The molecule has 0 aliphatic heterocycles. The first kappa shape index (κ1) is 13.5. The quantitative estimate of drug-likeness (QED) is 0.920. The standard InChI is InChI=1S/C14H17F2N3/c1-8-5-13(16)14(6-12(8)15)17-9(2)11-7-19(4)18-10(11)3/h5-7,9,17H,1-4H3. The van der Waals surface area contributed by atoms with E-state index in [0.29, 0.717) is 5.56 Å². The van der Waals surface area contributed by atoms with Crippen LogP contribution in [0.1, 0.15) is 29.8 Å². The van der Waals surface area contributed by atoms with Gasteiger partial charge in [-0.3, -0.25) is 4.68 Å². The Morgan fingerprint density at radius 1 is 1.21 bits per heavy atom. The van der Waals surface area contributed by atoms with Gasteiger partial charge in [-0.15, -0.1) is 0 Å². The lowest BCUT2D eigenvalue weighted by molar-refractivity contribution is 0.593. The average molecular weight is 265 g/mol. The molecule has 1 atom stereocenters. The van der Waals surface area contributed by atoms with E-state index in [4.69, 9.17) is 0 Å². The molecule has 0 spiro atoms. The van der Waals surface area contributed by atoms with Crippen LogP contribution in [0.3, 0.4) is 0 Å². The summed E-state index contributed by atoms with van der Waals surface area (Å²) in [5.41, 5.74) is 2.30. The normalized spacial score (nSPS) is 12.5. The Kier molecular flexibility index (Phi) is 3.55. The molecule has 3 nitrogen and oxygen atoms in total. The maximum absolute atomic E-state index is 13.8. The molecule has 1 aromatic heterocycles. The van der Waals surface area contributed by atoms with Crippen LogP contribution in [0.15, 0.2) is 18.3 Å². The van der Waals surface area contributed by atoms with E-state index < -0.39 is 11.6 Å². The Balaban J connectivity index is 2.26. The highest BCUT2D eigenvalue weighted by Gasteiger charge is 2.14. The minimum atomic E-state index is -0.452. The summed E-state index contributed by atoms with van der Waals surface area (Å²) in [4.78, 5) is 0. The molecule has 0 aliphatic rings. The summed E-state index contributed by atoms with van der Waals surface area (Å²) in [6, 6.07) is 2.23. The van der Waals surface area contributed by atoms with Crippen LogP contribution in [0.5, 0.6) is 0 Å². The molecule has 5 heteroatoms. The number of anilines is 1. The van der Waals surface area contributed by atoms with Gasteiger partial charge in [0.05, 0.1) is 17.4 Å². The average Bonchev–Trinajstić information content (AvgIpc) is 2.65. The first-order valence-electron chi connectivity index (χ1n) is 6.11. The van der Waals surface area contributed by atoms with Gasteiger partial charge in [0.2, 0.25) is 0 Å². The van der Waals surface area contributed by atoms with Gasteiger partial charge in [-0.2, -0.15) is 5.10 Å². The van der Waals surface area contributed by atoms with Crippen LogP contribution in [0.4, 0.5) is 14.5 Å². The first-order chi connectivity index (χ1) is 8.88. The summed E-state index contributed by atoms with van der Waals surface area (Å²) in [5.74, 6) is -0.869. The minimum absolute atomic E-state index is 0.148. The fraction of sp³-hybridized carbons (Fsp3) is 0.357. The highest BCUT2D eigenvalue weighted by atomic mass is 19.1. The van der Waals surface area contributed by atoms with E-state index in [9.17, 15) is 8.78 Å². The van der Waals surface area contributed by atoms with Gasteiger partial charge in [-0.1, -0.05) is 0 Å². The second-order valence-corrected chi connectivity index (χ2v) is 4.79. The topological polar surface area (TPSA) is 29.9 Å². The fourth-order valence-corrected chi connectivity index (χ4v) is 2.11. The molecular formula is C14H17F2N3. The molecule has 0 aliphatic carbocycles. The van der Waals surface area contributed by atoms with Crippen LogP contribution in [-0.4, -0.2) is 9.78 Å². The summed E-state index contributed by atoms with van der Waals surface area (Å²) >= 11 is 0. The minimum Gasteiger partial charge on any atom is -0.376 e. The molecule has 1 unspecified atom stereocenters. The van der Waals surface area contributed by atoms with Crippen LogP contribution in [0.2, 0.25) is 0 Å². The Morgan fingerprint density at radius 3 is 2.47 bits per heavy atom. The van der Waals surface area contributed by atoms with Gasteiger partial charge in [0.1, 0.15) is 11.6 Å². The van der Waals surface area contributed by atoms with Crippen LogP contribution in [-0.2, 0) is 7.05 Å². The van der Waals surface area contributed by atoms with Crippen LogP contribution >= 0.6 is 0 Å². The van der Waals surface area contributed by atoms with Crippen molar-refractivity contribution in [2.24, 2.45) is 7.05 Å². The number of benzene rings is 1. The monoisotopic (exact) mass is 265 g/mol. The first-order valence-corrected chi connectivity index (χ1v) is 6.11. The summed E-state index contributed by atoms with van der Waals surface area (Å²) < 4.78 is 28.9.